The number of para-hydroxylation sites is 2. The molecule has 0 amide bonds. The number of phenolic OH excluding ortho intramolecular Hbond substituents is 1. The van der Waals surface area contributed by atoms with Crippen molar-refractivity contribution in [3.05, 3.63) is 60.7 Å². The zero-order valence-electron chi connectivity index (χ0n) is 18.5. The number of benzene rings is 2. The minimum absolute atomic E-state index is 0.0462. The van der Waals surface area contributed by atoms with Gasteiger partial charge in [-0.05, 0) is 67.5 Å². The number of carboxylic acid groups (broad SMARTS) is 1. The number of rotatable bonds is 8. The van der Waals surface area contributed by atoms with E-state index >= 15 is 0 Å². The highest BCUT2D eigenvalue weighted by atomic mass is 19.3. The summed E-state index contributed by atoms with van der Waals surface area (Å²) in [5, 5.41) is 22.9. The lowest BCUT2D eigenvalue weighted by atomic mass is 9.82. The van der Waals surface area contributed by atoms with Crippen LogP contribution < -0.4 is 10.1 Å². The van der Waals surface area contributed by atoms with Gasteiger partial charge in [0.05, 0.1) is 11.6 Å². The van der Waals surface area contributed by atoms with Crippen LogP contribution in [0.25, 0.3) is 22.4 Å². The predicted octanol–water partition coefficient (Wildman–Crippen LogP) is 6.03. The number of carboxylic acids is 1. The van der Waals surface area contributed by atoms with Crippen LogP contribution in [0.2, 0.25) is 0 Å². The van der Waals surface area contributed by atoms with Gasteiger partial charge >= 0.3 is 12.6 Å². The first-order valence-corrected chi connectivity index (χ1v) is 11.2. The summed E-state index contributed by atoms with van der Waals surface area (Å²) >= 11 is 0. The summed E-state index contributed by atoms with van der Waals surface area (Å²) in [5.74, 6) is -0.0754. The van der Waals surface area contributed by atoms with Gasteiger partial charge in [0, 0.05) is 17.7 Å². The highest BCUT2D eigenvalue weighted by Crippen LogP contribution is 2.37. The topological polar surface area (TPSA) is 91.7 Å². The second-order valence-corrected chi connectivity index (χ2v) is 8.45. The lowest BCUT2D eigenvalue weighted by molar-refractivity contribution is -0.143. The second kappa shape index (κ2) is 10.5. The first-order chi connectivity index (χ1) is 16.4. The zero-order valence-corrected chi connectivity index (χ0v) is 18.5. The lowest BCUT2D eigenvalue weighted by Crippen LogP contribution is -2.25. The third kappa shape index (κ3) is 5.62. The Labute approximate surface area is 196 Å². The van der Waals surface area contributed by atoms with E-state index in [1.54, 1.807) is 54.6 Å². The molecular weight excluding hydrogens is 442 g/mol. The molecule has 3 N–H and O–H groups in total. The van der Waals surface area contributed by atoms with E-state index in [4.69, 9.17) is 4.74 Å². The molecule has 0 radical (unpaired) electrons. The van der Waals surface area contributed by atoms with Gasteiger partial charge in [-0.1, -0.05) is 30.3 Å². The fourth-order valence-electron chi connectivity index (χ4n) is 4.37. The van der Waals surface area contributed by atoms with Crippen LogP contribution in [0.4, 0.5) is 14.6 Å². The molecule has 6 nitrogen and oxygen atoms in total. The van der Waals surface area contributed by atoms with Crippen molar-refractivity contribution < 1.29 is 28.5 Å². The summed E-state index contributed by atoms with van der Waals surface area (Å²) in [6, 6.07) is 16.8. The largest absolute Gasteiger partial charge is 0.507 e. The summed E-state index contributed by atoms with van der Waals surface area (Å²) < 4.78 is 30.7. The maximum absolute atomic E-state index is 13.0. The van der Waals surface area contributed by atoms with Crippen LogP contribution in [0.3, 0.4) is 0 Å². The van der Waals surface area contributed by atoms with Crippen molar-refractivity contribution in [3.63, 3.8) is 0 Å². The summed E-state index contributed by atoms with van der Waals surface area (Å²) in [4.78, 5) is 15.9. The van der Waals surface area contributed by atoms with Gasteiger partial charge in [0.1, 0.15) is 17.3 Å². The van der Waals surface area contributed by atoms with E-state index in [1.807, 2.05) is 0 Å². The molecule has 1 aliphatic carbocycles. The van der Waals surface area contributed by atoms with Gasteiger partial charge in [0.25, 0.3) is 0 Å². The molecule has 1 aliphatic rings. The molecule has 34 heavy (non-hydrogen) atoms. The summed E-state index contributed by atoms with van der Waals surface area (Å²) in [5.41, 5.74) is 2.09. The Balaban J connectivity index is 1.64. The molecule has 8 heteroatoms. The van der Waals surface area contributed by atoms with E-state index < -0.39 is 12.6 Å². The zero-order chi connectivity index (χ0) is 24.1. The van der Waals surface area contributed by atoms with Crippen molar-refractivity contribution >= 4 is 11.8 Å². The van der Waals surface area contributed by atoms with E-state index in [0.29, 0.717) is 53.5 Å². The van der Waals surface area contributed by atoms with Crippen molar-refractivity contribution in [3.8, 4) is 33.9 Å². The van der Waals surface area contributed by atoms with Gasteiger partial charge in [-0.15, -0.1) is 0 Å². The Morgan fingerprint density at radius 2 is 1.71 bits per heavy atom. The van der Waals surface area contributed by atoms with Gasteiger partial charge in [0.2, 0.25) is 0 Å². The van der Waals surface area contributed by atoms with Gasteiger partial charge < -0.3 is 20.3 Å². The normalized spacial score (nSPS) is 18.0. The molecular formula is C26H26F2N2O4. The van der Waals surface area contributed by atoms with Crippen LogP contribution in [0, 0.1) is 11.8 Å². The molecule has 0 atom stereocenters. The van der Waals surface area contributed by atoms with Crippen molar-refractivity contribution in [1.29, 1.82) is 0 Å². The minimum atomic E-state index is -2.96. The number of alkyl halides is 2. The molecule has 1 saturated carbocycles. The molecule has 1 fully saturated rings. The van der Waals surface area contributed by atoms with E-state index in [-0.39, 0.29) is 17.4 Å². The third-order valence-electron chi connectivity index (χ3n) is 6.19. The number of carbonyl (C=O) groups is 1. The second-order valence-electron chi connectivity index (χ2n) is 8.45. The number of aromatic hydroxyl groups is 1. The number of aliphatic carboxylic acids is 1. The molecule has 0 bridgehead atoms. The third-order valence-corrected chi connectivity index (χ3v) is 6.19. The van der Waals surface area contributed by atoms with Gasteiger partial charge in [-0.2, -0.15) is 8.78 Å². The minimum Gasteiger partial charge on any atom is -0.507 e. The van der Waals surface area contributed by atoms with E-state index in [9.17, 15) is 23.8 Å². The summed E-state index contributed by atoms with van der Waals surface area (Å²) in [7, 11) is 0. The van der Waals surface area contributed by atoms with Crippen molar-refractivity contribution in [2.75, 3.05) is 11.9 Å². The van der Waals surface area contributed by atoms with Crippen LogP contribution in [-0.2, 0) is 4.79 Å². The number of aromatic nitrogens is 1. The Morgan fingerprint density at radius 3 is 2.38 bits per heavy atom. The molecule has 4 rings (SSSR count). The Kier molecular flexibility index (Phi) is 7.25. The maximum Gasteiger partial charge on any atom is 0.387 e. The Bertz CT molecular complexity index is 1150. The Morgan fingerprint density at radius 1 is 1.03 bits per heavy atom. The quantitative estimate of drug-likeness (QED) is 0.374. The highest BCUT2D eigenvalue weighted by Gasteiger charge is 2.26. The number of halogens is 2. The van der Waals surface area contributed by atoms with Gasteiger partial charge in [-0.25, -0.2) is 4.98 Å². The number of nitrogens with one attached hydrogen (secondary N) is 1. The van der Waals surface area contributed by atoms with E-state index in [2.05, 4.69) is 10.3 Å². The first-order valence-electron chi connectivity index (χ1n) is 11.2. The maximum atomic E-state index is 13.0. The van der Waals surface area contributed by atoms with Crippen LogP contribution in [0.5, 0.6) is 11.5 Å². The first kappa shape index (κ1) is 23.5. The molecule has 0 saturated heterocycles. The van der Waals surface area contributed by atoms with Crippen LogP contribution >= 0.6 is 0 Å². The van der Waals surface area contributed by atoms with E-state index in [1.165, 1.54) is 6.07 Å². The SMILES string of the molecule is O=C(O)C1CCC(CNc2cc(-c3ccccc3OC(F)F)cc(-c3ccccc3O)n2)CC1. The smallest absolute Gasteiger partial charge is 0.387 e. The number of nitrogens with zero attached hydrogens (tertiary/aromatic N) is 1. The fourth-order valence-corrected chi connectivity index (χ4v) is 4.37. The number of anilines is 1. The molecule has 0 unspecified atom stereocenters. The Hall–Kier alpha value is -3.68. The fraction of sp³-hybridized carbons (Fsp3) is 0.308. The van der Waals surface area contributed by atoms with Crippen LogP contribution in [-0.4, -0.2) is 34.3 Å². The molecule has 1 aromatic heterocycles. The van der Waals surface area contributed by atoms with Gasteiger partial charge in [-0.3, -0.25) is 4.79 Å². The van der Waals surface area contributed by atoms with Crippen LogP contribution in [0.1, 0.15) is 25.7 Å². The predicted molar refractivity (Wildman–Crippen MR) is 125 cm³/mol. The monoisotopic (exact) mass is 468 g/mol. The number of pyridine rings is 1. The summed E-state index contributed by atoms with van der Waals surface area (Å²) in [6.07, 6.45) is 2.91. The molecule has 0 aliphatic heterocycles. The number of phenols is 1. The van der Waals surface area contributed by atoms with E-state index in [0.717, 1.165) is 12.8 Å². The standard InChI is InChI=1S/C26H26F2N2O4/c27-26(28)34-23-8-4-2-5-19(23)18-13-21(20-6-1-3-7-22(20)31)30-24(14-18)29-15-16-9-11-17(12-10-16)25(32)33/h1-8,13-14,16-17,26,31H,9-12,15H2,(H,29,30)(H,32,33). The average molecular weight is 469 g/mol. The highest BCUT2D eigenvalue weighted by molar-refractivity contribution is 5.79. The number of hydrogen-bond acceptors (Lipinski definition) is 5. The summed E-state index contributed by atoms with van der Waals surface area (Å²) in [6.45, 7) is -2.35. The lowest BCUT2D eigenvalue weighted by Gasteiger charge is -2.26. The number of hydrogen-bond donors (Lipinski definition) is 3. The average Bonchev–Trinajstić information content (AvgIpc) is 2.83. The molecule has 0 spiro atoms. The van der Waals surface area contributed by atoms with Crippen molar-refractivity contribution in [2.24, 2.45) is 11.8 Å². The molecule has 3 aromatic rings. The van der Waals surface area contributed by atoms with Crippen molar-refractivity contribution in [2.45, 2.75) is 32.3 Å². The van der Waals surface area contributed by atoms with Gasteiger partial charge in [0.15, 0.2) is 0 Å². The molecule has 178 valence electrons. The van der Waals surface area contributed by atoms with Crippen molar-refractivity contribution in [1.82, 2.24) is 4.98 Å². The molecule has 1 heterocycles. The molecule has 2 aromatic carbocycles. The number of ether oxygens (including phenoxy) is 1. The van der Waals surface area contributed by atoms with Crippen LogP contribution in [0.15, 0.2) is 60.7 Å².